The maximum atomic E-state index is 6.41. The molecule has 0 aliphatic carbocycles. The third-order valence-electron chi connectivity index (χ3n) is 6.19. The maximum Gasteiger partial charge on any atom is 0.155 e. The van der Waals surface area contributed by atoms with E-state index in [9.17, 15) is 0 Å². The van der Waals surface area contributed by atoms with Gasteiger partial charge in [-0.05, 0) is 23.1 Å². The molecule has 1 spiro atoms. The number of rotatable bonds is 0. The average Bonchev–Trinajstić information content (AvgIpc) is 2.81. The van der Waals surface area contributed by atoms with Gasteiger partial charge in [0.05, 0.1) is 5.69 Å². The Morgan fingerprint density at radius 1 is 0.960 bits per heavy atom. The van der Waals surface area contributed by atoms with Crippen LogP contribution in [0.1, 0.15) is 19.4 Å². The monoisotopic (exact) mass is 330 g/mol. The highest BCUT2D eigenvalue weighted by molar-refractivity contribution is 5.94. The van der Waals surface area contributed by atoms with E-state index in [2.05, 4.69) is 91.8 Å². The summed E-state index contributed by atoms with van der Waals surface area (Å²) < 4.78 is 6.41. The minimum atomic E-state index is -0.299. The first-order chi connectivity index (χ1) is 12.0. The van der Waals surface area contributed by atoms with Crippen LogP contribution in [0.4, 0.5) is 11.4 Å². The highest BCUT2D eigenvalue weighted by Gasteiger charge is 2.58. The number of nitrogens with zero attached hydrogens (tertiary/aromatic N) is 1. The topological polar surface area (TPSA) is 24.5 Å². The van der Waals surface area contributed by atoms with E-state index in [4.69, 9.17) is 4.74 Å². The summed E-state index contributed by atoms with van der Waals surface area (Å²) in [5.74, 6) is 0.962. The lowest BCUT2D eigenvalue weighted by Gasteiger charge is -2.49. The highest BCUT2D eigenvalue weighted by atomic mass is 16.5. The zero-order chi connectivity index (χ0) is 17.2. The zero-order valence-electron chi connectivity index (χ0n) is 14.8. The van der Waals surface area contributed by atoms with Gasteiger partial charge in [-0.1, -0.05) is 62.4 Å². The summed E-state index contributed by atoms with van der Waals surface area (Å²) in [4.78, 5) is 2.35. The van der Waals surface area contributed by atoms with Crippen molar-refractivity contribution in [3.63, 3.8) is 0 Å². The second-order valence-electron chi connectivity index (χ2n) is 7.64. The van der Waals surface area contributed by atoms with Gasteiger partial charge in [-0.3, -0.25) is 0 Å². The van der Waals surface area contributed by atoms with Crippen LogP contribution in [0, 0.1) is 0 Å². The van der Waals surface area contributed by atoms with Crippen molar-refractivity contribution in [1.82, 2.24) is 0 Å². The summed E-state index contributed by atoms with van der Waals surface area (Å²) in [7, 11) is 2.16. The fourth-order valence-corrected chi connectivity index (χ4v) is 4.59. The van der Waals surface area contributed by atoms with E-state index in [1.807, 2.05) is 0 Å². The molecule has 3 aromatic rings. The molecule has 0 saturated carbocycles. The van der Waals surface area contributed by atoms with Gasteiger partial charge in [0.15, 0.2) is 11.4 Å². The highest BCUT2D eigenvalue weighted by Crippen LogP contribution is 2.54. The van der Waals surface area contributed by atoms with Crippen LogP contribution >= 0.6 is 0 Å². The molecular weight excluding hydrogens is 308 g/mol. The third kappa shape index (κ3) is 1.70. The lowest BCUT2D eigenvalue weighted by molar-refractivity contribution is 0.166. The Bertz CT molecular complexity index is 994. The van der Waals surface area contributed by atoms with Gasteiger partial charge in [0.2, 0.25) is 0 Å². The SMILES string of the molecule is CN1c2ccccc2C(C)(C)C12COc1c(ccc3ccccc13)N2. The number of fused-ring (bicyclic) bond motifs is 4. The van der Waals surface area contributed by atoms with Crippen LogP contribution in [-0.4, -0.2) is 19.3 Å². The van der Waals surface area contributed by atoms with Crippen molar-refractivity contribution in [2.45, 2.75) is 24.9 Å². The van der Waals surface area contributed by atoms with Crippen molar-refractivity contribution < 1.29 is 4.74 Å². The average molecular weight is 330 g/mol. The minimum absolute atomic E-state index is 0.0817. The van der Waals surface area contributed by atoms with Gasteiger partial charge in [0, 0.05) is 23.5 Å². The van der Waals surface area contributed by atoms with E-state index in [0.717, 1.165) is 11.4 Å². The van der Waals surface area contributed by atoms with Crippen molar-refractivity contribution in [1.29, 1.82) is 0 Å². The molecule has 2 aliphatic heterocycles. The van der Waals surface area contributed by atoms with Crippen molar-refractivity contribution in [2.24, 2.45) is 0 Å². The van der Waals surface area contributed by atoms with Crippen LogP contribution < -0.4 is 15.0 Å². The lowest BCUT2D eigenvalue weighted by Crippen LogP contribution is -2.65. The molecule has 0 bridgehead atoms. The van der Waals surface area contributed by atoms with E-state index < -0.39 is 0 Å². The van der Waals surface area contributed by atoms with Crippen LogP contribution in [-0.2, 0) is 5.41 Å². The summed E-state index contributed by atoms with van der Waals surface area (Å²) in [5.41, 5.74) is 3.32. The first-order valence-corrected chi connectivity index (χ1v) is 8.81. The molecule has 1 N–H and O–H groups in total. The van der Waals surface area contributed by atoms with Crippen LogP contribution in [0.25, 0.3) is 10.8 Å². The number of ether oxygens (including phenoxy) is 1. The molecule has 3 nitrogen and oxygen atoms in total. The van der Waals surface area contributed by atoms with Crippen LogP contribution in [0.3, 0.4) is 0 Å². The standard InChI is InChI=1S/C22H22N2O/c1-21(2)17-10-6-7-11-19(17)24(3)22(21)14-25-20-16-9-5-4-8-15(16)12-13-18(20)23-22/h4-13,23H,14H2,1-3H3. The van der Waals surface area contributed by atoms with Gasteiger partial charge in [-0.25, -0.2) is 0 Å². The Kier molecular flexibility index (Phi) is 2.75. The van der Waals surface area contributed by atoms with Crippen molar-refractivity contribution in [2.75, 3.05) is 23.9 Å². The first kappa shape index (κ1) is 14.6. The van der Waals surface area contributed by atoms with Gasteiger partial charge in [0.25, 0.3) is 0 Å². The number of hydrogen-bond donors (Lipinski definition) is 1. The lowest BCUT2D eigenvalue weighted by atomic mass is 9.75. The zero-order valence-corrected chi connectivity index (χ0v) is 14.8. The number of para-hydroxylation sites is 1. The molecule has 2 aliphatic rings. The normalized spacial score (nSPS) is 23.1. The molecule has 25 heavy (non-hydrogen) atoms. The molecule has 1 atom stereocenters. The summed E-state index contributed by atoms with van der Waals surface area (Å²) in [6.07, 6.45) is 0. The Morgan fingerprint density at radius 3 is 2.56 bits per heavy atom. The second kappa shape index (κ2) is 4.69. The smallest absolute Gasteiger partial charge is 0.155 e. The Hall–Kier alpha value is -2.68. The van der Waals surface area contributed by atoms with Gasteiger partial charge >= 0.3 is 0 Å². The number of anilines is 2. The molecule has 3 heteroatoms. The summed E-state index contributed by atoms with van der Waals surface area (Å²) >= 11 is 0. The summed E-state index contributed by atoms with van der Waals surface area (Å²) in [6.45, 7) is 5.21. The van der Waals surface area contributed by atoms with Crippen molar-refractivity contribution in [3.05, 3.63) is 66.2 Å². The molecule has 1 unspecified atom stereocenters. The Morgan fingerprint density at radius 2 is 1.72 bits per heavy atom. The fraction of sp³-hybridized carbons (Fsp3) is 0.273. The van der Waals surface area contributed by atoms with Crippen molar-refractivity contribution >= 4 is 22.1 Å². The first-order valence-electron chi connectivity index (χ1n) is 8.81. The van der Waals surface area contributed by atoms with Crippen LogP contribution in [0.2, 0.25) is 0 Å². The largest absolute Gasteiger partial charge is 0.486 e. The number of hydrogen-bond acceptors (Lipinski definition) is 3. The predicted octanol–water partition coefficient (Wildman–Crippen LogP) is 4.77. The number of likely N-dealkylation sites (N-methyl/N-ethyl adjacent to an activating group) is 1. The molecule has 2 heterocycles. The van der Waals surface area contributed by atoms with Gasteiger partial charge < -0.3 is 15.0 Å². The van der Waals surface area contributed by atoms with E-state index in [-0.39, 0.29) is 11.1 Å². The van der Waals surface area contributed by atoms with Gasteiger partial charge in [-0.2, -0.15) is 0 Å². The van der Waals surface area contributed by atoms with E-state index in [1.165, 1.54) is 22.0 Å². The van der Waals surface area contributed by atoms with E-state index >= 15 is 0 Å². The molecule has 126 valence electrons. The molecule has 0 fully saturated rings. The maximum absolute atomic E-state index is 6.41. The van der Waals surface area contributed by atoms with Gasteiger partial charge in [-0.15, -0.1) is 0 Å². The number of nitrogens with one attached hydrogen (secondary N) is 1. The molecule has 5 rings (SSSR count). The fourth-order valence-electron chi connectivity index (χ4n) is 4.59. The molecule has 0 amide bonds. The minimum Gasteiger partial charge on any atom is -0.486 e. The second-order valence-corrected chi connectivity index (χ2v) is 7.64. The predicted molar refractivity (Wildman–Crippen MR) is 104 cm³/mol. The van der Waals surface area contributed by atoms with E-state index in [0.29, 0.717) is 6.61 Å². The Labute approximate surface area is 148 Å². The summed E-state index contributed by atoms with van der Waals surface area (Å²) in [5, 5.41) is 6.23. The molecule has 0 aromatic heterocycles. The van der Waals surface area contributed by atoms with Crippen molar-refractivity contribution in [3.8, 4) is 5.75 Å². The van der Waals surface area contributed by atoms with Gasteiger partial charge in [0.1, 0.15) is 6.61 Å². The Balaban J connectivity index is 1.68. The van der Waals surface area contributed by atoms with Crippen LogP contribution in [0.15, 0.2) is 60.7 Å². The van der Waals surface area contributed by atoms with E-state index in [1.54, 1.807) is 0 Å². The molecule has 0 radical (unpaired) electrons. The molecule has 0 saturated heterocycles. The number of benzene rings is 3. The molecule has 3 aromatic carbocycles. The van der Waals surface area contributed by atoms with Crippen LogP contribution in [0.5, 0.6) is 5.75 Å². The molecular formula is C22H22N2O. The summed E-state index contributed by atoms with van der Waals surface area (Å²) in [6, 6.07) is 21.4. The third-order valence-corrected chi connectivity index (χ3v) is 6.19. The quantitative estimate of drug-likeness (QED) is 0.643.